The first-order chi connectivity index (χ1) is 20.8. The molecule has 0 saturated carbocycles. The largest absolute Gasteiger partial charge is 0.278 e. The molecule has 0 aliphatic rings. The summed E-state index contributed by atoms with van der Waals surface area (Å²) >= 11 is 0. The second-order valence-electron chi connectivity index (χ2n) is 10.4. The van der Waals surface area contributed by atoms with Crippen LogP contribution in [0.25, 0.3) is 77.4 Å². The zero-order valence-corrected chi connectivity index (χ0v) is 22.3. The smallest absolute Gasteiger partial charge is 0.267 e. The molecule has 0 aliphatic heterocycles. The molecule has 0 amide bonds. The fraction of sp³-hybridized carbons (Fsp3) is 0. The fourth-order valence-corrected chi connectivity index (χ4v) is 6.27. The highest BCUT2D eigenvalue weighted by atomic mass is 16.1. The van der Waals surface area contributed by atoms with Crippen molar-refractivity contribution in [3.63, 3.8) is 0 Å². The maximum Gasteiger partial charge on any atom is 0.267 e. The van der Waals surface area contributed by atoms with Crippen molar-refractivity contribution in [2.75, 3.05) is 0 Å². The first kappa shape index (κ1) is 22.9. The molecule has 196 valence electrons. The van der Waals surface area contributed by atoms with Gasteiger partial charge in [0, 0.05) is 27.1 Å². The Labute approximate surface area is 238 Å². The SMILES string of the molecule is O=c1c2ccccc2nc2c3ccccc3c3c4ccccc4n(-c4nc(-c5ccccc5)nc5ccccc45)c3n12. The molecular formula is C36H21N5O. The van der Waals surface area contributed by atoms with Gasteiger partial charge in [0.15, 0.2) is 11.6 Å². The minimum atomic E-state index is -0.114. The second kappa shape index (κ2) is 8.56. The summed E-state index contributed by atoms with van der Waals surface area (Å²) in [6.07, 6.45) is 0. The topological polar surface area (TPSA) is 65.1 Å². The van der Waals surface area contributed by atoms with Crippen LogP contribution >= 0.6 is 0 Å². The summed E-state index contributed by atoms with van der Waals surface area (Å²) in [5.41, 5.74) is 4.61. The summed E-state index contributed by atoms with van der Waals surface area (Å²) in [6, 6.07) is 42.1. The number of hydrogen-bond acceptors (Lipinski definition) is 4. The van der Waals surface area contributed by atoms with Crippen LogP contribution in [-0.2, 0) is 0 Å². The summed E-state index contributed by atoms with van der Waals surface area (Å²) < 4.78 is 3.90. The van der Waals surface area contributed by atoms with Gasteiger partial charge in [-0.3, -0.25) is 9.36 Å². The van der Waals surface area contributed by atoms with Crippen molar-refractivity contribution in [3.8, 4) is 17.2 Å². The standard InChI is InChI=1S/C36H21N5O/c42-36-26-17-7-10-20-29(26)38-33-24-15-5-4-14-23(24)31-27-18-8-11-21-30(27)40(35(31)41(33)36)34-25-16-6-9-19-28(25)37-32(39-34)22-12-2-1-3-13-22/h1-21H. The second-order valence-corrected chi connectivity index (χ2v) is 10.4. The molecule has 0 atom stereocenters. The third-order valence-electron chi connectivity index (χ3n) is 8.10. The number of nitrogens with zero attached hydrogens (tertiary/aromatic N) is 5. The van der Waals surface area contributed by atoms with Gasteiger partial charge in [0.1, 0.15) is 11.3 Å². The van der Waals surface area contributed by atoms with Crippen LogP contribution in [0.1, 0.15) is 0 Å². The highest BCUT2D eigenvalue weighted by molar-refractivity contribution is 6.23. The molecule has 9 aromatic rings. The van der Waals surface area contributed by atoms with E-state index < -0.39 is 0 Å². The monoisotopic (exact) mass is 539 g/mol. The van der Waals surface area contributed by atoms with E-state index in [1.54, 1.807) is 4.40 Å². The Bertz CT molecular complexity index is 2600. The van der Waals surface area contributed by atoms with E-state index in [0.29, 0.717) is 28.2 Å². The fourth-order valence-electron chi connectivity index (χ4n) is 6.27. The van der Waals surface area contributed by atoms with Crippen LogP contribution in [0.15, 0.2) is 132 Å². The van der Waals surface area contributed by atoms with Gasteiger partial charge in [-0.15, -0.1) is 0 Å². The molecule has 0 aliphatic carbocycles. The predicted molar refractivity (Wildman–Crippen MR) is 169 cm³/mol. The molecule has 0 unspecified atom stereocenters. The quantitative estimate of drug-likeness (QED) is 0.167. The minimum absolute atomic E-state index is 0.114. The van der Waals surface area contributed by atoms with E-state index in [-0.39, 0.29) is 5.56 Å². The molecule has 4 aromatic heterocycles. The van der Waals surface area contributed by atoms with Gasteiger partial charge in [-0.25, -0.2) is 19.4 Å². The molecule has 0 bridgehead atoms. The number of hydrogen-bond donors (Lipinski definition) is 0. The molecule has 4 heterocycles. The van der Waals surface area contributed by atoms with Crippen molar-refractivity contribution in [1.82, 2.24) is 23.9 Å². The molecule has 6 heteroatoms. The highest BCUT2D eigenvalue weighted by Gasteiger charge is 2.23. The van der Waals surface area contributed by atoms with E-state index in [1.807, 2.05) is 109 Å². The third kappa shape index (κ3) is 3.09. The van der Waals surface area contributed by atoms with Gasteiger partial charge in [-0.1, -0.05) is 97.1 Å². The van der Waals surface area contributed by atoms with Gasteiger partial charge in [-0.05, 0) is 35.7 Å². The van der Waals surface area contributed by atoms with E-state index in [2.05, 4.69) is 22.8 Å². The Morgan fingerprint density at radius 3 is 1.88 bits per heavy atom. The molecule has 5 aromatic carbocycles. The number of fused-ring (bicyclic) bond motifs is 10. The zero-order valence-electron chi connectivity index (χ0n) is 22.3. The first-order valence-electron chi connectivity index (χ1n) is 13.9. The van der Waals surface area contributed by atoms with Gasteiger partial charge in [0.2, 0.25) is 0 Å². The average Bonchev–Trinajstić information content (AvgIpc) is 3.40. The summed E-state index contributed by atoms with van der Waals surface area (Å²) in [7, 11) is 0. The van der Waals surface area contributed by atoms with E-state index in [9.17, 15) is 4.79 Å². The van der Waals surface area contributed by atoms with Gasteiger partial charge in [0.05, 0.1) is 21.9 Å². The number of benzene rings is 5. The average molecular weight is 540 g/mol. The van der Waals surface area contributed by atoms with Crippen LogP contribution in [0.4, 0.5) is 0 Å². The van der Waals surface area contributed by atoms with E-state index in [4.69, 9.17) is 15.0 Å². The Morgan fingerprint density at radius 2 is 1.10 bits per heavy atom. The molecule has 0 spiro atoms. The van der Waals surface area contributed by atoms with Crippen LogP contribution in [0, 0.1) is 0 Å². The normalized spacial score (nSPS) is 11.9. The summed E-state index contributed by atoms with van der Waals surface area (Å²) in [5.74, 6) is 1.33. The van der Waals surface area contributed by atoms with Crippen LogP contribution in [0.5, 0.6) is 0 Å². The van der Waals surface area contributed by atoms with E-state index in [1.165, 1.54) is 0 Å². The molecule has 0 fully saturated rings. The Morgan fingerprint density at radius 1 is 0.500 bits per heavy atom. The van der Waals surface area contributed by atoms with Crippen LogP contribution in [-0.4, -0.2) is 23.9 Å². The molecule has 0 radical (unpaired) electrons. The van der Waals surface area contributed by atoms with Gasteiger partial charge in [-0.2, -0.15) is 0 Å². The number of aromatic nitrogens is 5. The summed E-state index contributed by atoms with van der Waals surface area (Å²) in [6.45, 7) is 0. The maximum absolute atomic E-state index is 14.4. The minimum Gasteiger partial charge on any atom is -0.278 e. The Kier molecular flexibility index (Phi) is 4.66. The van der Waals surface area contributed by atoms with Crippen LogP contribution in [0.2, 0.25) is 0 Å². The van der Waals surface area contributed by atoms with Crippen molar-refractivity contribution in [1.29, 1.82) is 0 Å². The Balaban J connectivity index is 1.59. The van der Waals surface area contributed by atoms with Crippen molar-refractivity contribution in [2.45, 2.75) is 0 Å². The van der Waals surface area contributed by atoms with Crippen molar-refractivity contribution >= 4 is 60.2 Å². The van der Waals surface area contributed by atoms with Gasteiger partial charge >= 0.3 is 0 Å². The van der Waals surface area contributed by atoms with Gasteiger partial charge < -0.3 is 0 Å². The number of pyridine rings is 1. The Hall–Kier alpha value is -5.88. The highest BCUT2D eigenvalue weighted by Crippen LogP contribution is 2.39. The van der Waals surface area contributed by atoms with Gasteiger partial charge in [0.25, 0.3) is 5.56 Å². The molecule has 9 rings (SSSR count). The molecule has 0 N–H and O–H groups in total. The first-order valence-corrected chi connectivity index (χ1v) is 13.9. The van der Waals surface area contributed by atoms with E-state index >= 15 is 0 Å². The van der Waals surface area contributed by atoms with Crippen LogP contribution in [0.3, 0.4) is 0 Å². The molecule has 0 saturated heterocycles. The maximum atomic E-state index is 14.4. The predicted octanol–water partition coefficient (Wildman–Crippen LogP) is 7.71. The molecule has 6 nitrogen and oxygen atoms in total. The van der Waals surface area contributed by atoms with Crippen LogP contribution < -0.4 is 5.56 Å². The number of rotatable bonds is 2. The summed E-state index contributed by atoms with van der Waals surface area (Å²) in [4.78, 5) is 29.7. The third-order valence-corrected chi connectivity index (χ3v) is 8.10. The lowest BCUT2D eigenvalue weighted by molar-refractivity contribution is 1.02. The van der Waals surface area contributed by atoms with Crippen molar-refractivity contribution in [2.24, 2.45) is 0 Å². The zero-order chi connectivity index (χ0) is 27.8. The van der Waals surface area contributed by atoms with E-state index in [0.717, 1.165) is 49.2 Å². The van der Waals surface area contributed by atoms with Crippen molar-refractivity contribution < 1.29 is 0 Å². The molecular weight excluding hydrogens is 518 g/mol. The van der Waals surface area contributed by atoms with Crippen molar-refractivity contribution in [3.05, 3.63) is 138 Å². The lowest BCUT2D eigenvalue weighted by atomic mass is 10.1. The lowest BCUT2D eigenvalue weighted by Gasteiger charge is -2.15. The lowest BCUT2D eigenvalue weighted by Crippen LogP contribution is -2.18. The summed E-state index contributed by atoms with van der Waals surface area (Å²) in [5, 5.41) is 5.44. The molecule has 42 heavy (non-hydrogen) atoms. The number of para-hydroxylation sites is 3.